The number of allylic oxidation sites excluding steroid dienone is 2. The van der Waals surface area contributed by atoms with Gasteiger partial charge in [0.15, 0.2) is 6.29 Å². The Kier molecular flexibility index (Phi) is 8.78. The first-order chi connectivity index (χ1) is 12.5. The Balaban J connectivity index is 1.75. The van der Waals surface area contributed by atoms with Crippen molar-refractivity contribution < 1.29 is 29.6 Å². The molecule has 148 valence electrons. The topological polar surface area (TPSA) is 96.2 Å². The maximum atomic E-state index is 10.5. The van der Waals surface area contributed by atoms with Crippen LogP contribution < -0.4 is 0 Å². The van der Waals surface area contributed by atoms with Gasteiger partial charge >= 0.3 is 5.97 Å². The van der Waals surface area contributed by atoms with Crippen molar-refractivity contribution in [1.29, 1.82) is 0 Å². The maximum Gasteiger partial charge on any atom is 0.303 e. The summed E-state index contributed by atoms with van der Waals surface area (Å²) in [5, 5.41) is 28.0. The molecular formula is C20H32O6. The highest BCUT2D eigenvalue weighted by atomic mass is 16.7. The number of aliphatic hydroxyl groups excluding tert-OH is 2. The molecule has 0 aliphatic carbocycles. The average molecular weight is 368 g/mol. The van der Waals surface area contributed by atoms with Gasteiger partial charge in [-0.25, -0.2) is 0 Å². The van der Waals surface area contributed by atoms with Crippen LogP contribution in [0, 0.1) is 5.92 Å². The number of ether oxygens (including phenoxy) is 2. The van der Waals surface area contributed by atoms with Crippen LogP contribution in [0.3, 0.4) is 0 Å². The molecule has 0 saturated carbocycles. The van der Waals surface area contributed by atoms with Crippen LogP contribution in [0.5, 0.6) is 0 Å². The monoisotopic (exact) mass is 368 g/mol. The van der Waals surface area contributed by atoms with Crippen LogP contribution in [0.15, 0.2) is 24.3 Å². The highest BCUT2D eigenvalue weighted by Gasteiger charge is 2.46. The molecule has 3 N–H and O–H groups in total. The van der Waals surface area contributed by atoms with Crippen LogP contribution in [0.1, 0.15) is 58.3 Å². The van der Waals surface area contributed by atoms with Crippen molar-refractivity contribution in [2.24, 2.45) is 5.92 Å². The number of aliphatic carboxylic acids is 1. The van der Waals surface area contributed by atoms with Gasteiger partial charge in [-0.05, 0) is 45.4 Å². The normalized spacial score (nSPS) is 30.4. The van der Waals surface area contributed by atoms with Crippen molar-refractivity contribution in [3.8, 4) is 0 Å². The predicted octanol–water partition coefficient (Wildman–Crippen LogP) is 2.79. The van der Waals surface area contributed by atoms with Crippen LogP contribution in [-0.4, -0.2) is 52.0 Å². The number of carboxylic acid groups (broad SMARTS) is 1. The quantitative estimate of drug-likeness (QED) is 0.362. The second-order valence-corrected chi connectivity index (χ2v) is 7.33. The zero-order valence-corrected chi connectivity index (χ0v) is 15.5. The number of hydrogen-bond donors (Lipinski definition) is 3. The largest absolute Gasteiger partial charge is 0.481 e. The van der Waals surface area contributed by atoms with Crippen molar-refractivity contribution in [3.63, 3.8) is 0 Å². The Bertz CT molecular complexity index is 481. The van der Waals surface area contributed by atoms with Gasteiger partial charge in [-0.15, -0.1) is 0 Å². The number of carboxylic acids is 1. The van der Waals surface area contributed by atoms with Gasteiger partial charge in [0.2, 0.25) is 0 Å². The molecule has 6 heteroatoms. The minimum Gasteiger partial charge on any atom is -0.481 e. The van der Waals surface area contributed by atoms with Crippen LogP contribution in [0.4, 0.5) is 0 Å². The van der Waals surface area contributed by atoms with Crippen molar-refractivity contribution in [1.82, 2.24) is 0 Å². The second-order valence-electron chi connectivity index (χ2n) is 7.33. The fourth-order valence-corrected chi connectivity index (χ4v) is 3.40. The fraction of sp³-hybridized carbons (Fsp3) is 0.750. The molecule has 0 amide bonds. The van der Waals surface area contributed by atoms with E-state index in [0.717, 1.165) is 25.7 Å². The first-order valence-electron chi connectivity index (χ1n) is 9.68. The van der Waals surface area contributed by atoms with Crippen molar-refractivity contribution >= 4 is 5.97 Å². The standard InChI is InChI=1S/C20H32O6/c1-14(21)7-6-8-15(22)11-12-17-16(18-13-20(25-17)26-18)9-4-2-3-5-10-19(23)24/h2,4,11-12,14-18,20-22H,3,5-10,13H2,1H3,(H,23,24). The third kappa shape index (κ3) is 7.19. The summed E-state index contributed by atoms with van der Waals surface area (Å²) in [4.78, 5) is 10.5. The molecule has 0 aromatic rings. The summed E-state index contributed by atoms with van der Waals surface area (Å²) < 4.78 is 11.6. The molecule has 26 heavy (non-hydrogen) atoms. The number of aliphatic hydroxyl groups is 2. The molecular weight excluding hydrogens is 336 g/mol. The van der Waals surface area contributed by atoms with Gasteiger partial charge in [0, 0.05) is 18.8 Å². The van der Waals surface area contributed by atoms with E-state index in [2.05, 4.69) is 6.08 Å². The molecule has 6 atom stereocenters. The molecule has 0 spiro atoms. The van der Waals surface area contributed by atoms with Gasteiger partial charge < -0.3 is 24.8 Å². The number of hydrogen-bond acceptors (Lipinski definition) is 5. The van der Waals surface area contributed by atoms with E-state index in [1.54, 1.807) is 13.0 Å². The van der Waals surface area contributed by atoms with Gasteiger partial charge in [-0.2, -0.15) is 0 Å². The third-order valence-corrected chi connectivity index (χ3v) is 4.94. The van der Waals surface area contributed by atoms with Gasteiger partial charge in [-0.3, -0.25) is 4.79 Å². The van der Waals surface area contributed by atoms with E-state index < -0.39 is 12.1 Å². The van der Waals surface area contributed by atoms with Crippen LogP contribution in [0.2, 0.25) is 0 Å². The van der Waals surface area contributed by atoms with Crippen LogP contribution >= 0.6 is 0 Å². The Morgan fingerprint density at radius 2 is 1.96 bits per heavy atom. The van der Waals surface area contributed by atoms with E-state index in [4.69, 9.17) is 14.6 Å². The zero-order valence-electron chi connectivity index (χ0n) is 15.5. The summed E-state index contributed by atoms with van der Waals surface area (Å²) in [5.41, 5.74) is 0. The minimum absolute atomic E-state index is 0.0671. The van der Waals surface area contributed by atoms with E-state index in [0.29, 0.717) is 19.3 Å². The lowest BCUT2D eigenvalue weighted by atomic mass is 9.84. The molecule has 3 heterocycles. The molecule has 6 unspecified atom stereocenters. The van der Waals surface area contributed by atoms with Crippen LogP contribution in [-0.2, 0) is 14.3 Å². The van der Waals surface area contributed by atoms with Gasteiger partial charge in [0.1, 0.15) is 0 Å². The molecule has 3 rings (SSSR count). The van der Waals surface area contributed by atoms with E-state index in [1.165, 1.54) is 0 Å². The van der Waals surface area contributed by atoms with Crippen molar-refractivity contribution in [3.05, 3.63) is 24.3 Å². The van der Waals surface area contributed by atoms with E-state index in [-0.39, 0.29) is 36.9 Å². The van der Waals surface area contributed by atoms with Gasteiger partial charge in [-0.1, -0.05) is 24.3 Å². The highest BCUT2D eigenvalue weighted by Crippen LogP contribution is 2.40. The zero-order chi connectivity index (χ0) is 18.9. The minimum atomic E-state index is -0.759. The maximum absolute atomic E-state index is 10.5. The summed E-state index contributed by atoms with van der Waals surface area (Å²) in [7, 11) is 0. The number of fused-ring (bicyclic) bond motifs is 2. The molecule has 6 nitrogen and oxygen atoms in total. The summed E-state index contributed by atoms with van der Waals surface area (Å²) in [6.45, 7) is 1.75. The van der Waals surface area contributed by atoms with Gasteiger partial charge in [0.25, 0.3) is 0 Å². The third-order valence-electron chi connectivity index (χ3n) is 4.94. The summed E-state index contributed by atoms with van der Waals surface area (Å²) in [6, 6.07) is 0. The average Bonchev–Trinajstić information content (AvgIpc) is 2.55. The molecule has 0 aromatic carbocycles. The molecule has 3 saturated heterocycles. The number of rotatable bonds is 12. The van der Waals surface area contributed by atoms with Gasteiger partial charge in [0.05, 0.1) is 24.4 Å². The predicted molar refractivity (Wildman–Crippen MR) is 97.6 cm³/mol. The highest BCUT2D eigenvalue weighted by molar-refractivity contribution is 5.66. The first-order valence-corrected chi connectivity index (χ1v) is 9.68. The summed E-state index contributed by atoms with van der Waals surface area (Å²) >= 11 is 0. The lowest BCUT2D eigenvalue weighted by Gasteiger charge is -2.49. The van der Waals surface area contributed by atoms with Crippen molar-refractivity contribution in [2.45, 2.75) is 89.0 Å². The van der Waals surface area contributed by atoms with Crippen LogP contribution in [0.25, 0.3) is 0 Å². The number of unbranched alkanes of at least 4 members (excludes halogenated alkanes) is 1. The first kappa shape index (κ1) is 21.1. The second kappa shape index (κ2) is 10.8. The number of carbonyl (C=O) groups is 1. The lowest BCUT2D eigenvalue weighted by Crippen LogP contribution is -2.55. The summed E-state index contributed by atoms with van der Waals surface area (Å²) in [5.74, 6) is -0.540. The Morgan fingerprint density at radius 3 is 2.65 bits per heavy atom. The Labute approximate surface area is 155 Å². The summed E-state index contributed by atoms with van der Waals surface area (Å²) in [6.07, 6.45) is 12.4. The molecule has 2 bridgehead atoms. The Hall–Kier alpha value is -1.21. The molecule has 3 aliphatic rings. The Morgan fingerprint density at radius 1 is 1.19 bits per heavy atom. The van der Waals surface area contributed by atoms with E-state index >= 15 is 0 Å². The SMILES string of the molecule is CC(O)CCCC(O)C=CC1OC2CC(O2)C1CC=CCCCC(=O)O. The van der Waals surface area contributed by atoms with Crippen molar-refractivity contribution in [2.75, 3.05) is 0 Å². The van der Waals surface area contributed by atoms with E-state index in [9.17, 15) is 15.0 Å². The molecule has 0 aromatic heterocycles. The molecule has 0 radical (unpaired) electrons. The molecule has 3 fully saturated rings. The van der Waals surface area contributed by atoms with E-state index in [1.807, 2.05) is 12.2 Å². The molecule has 3 aliphatic heterocycles. The fourth-order valence-electron chi connectivity index (χ4n) is 3.40. The smallest absolute Gasteiger partial charge is 0.303 e. The lowest BCUT2D eigenvalue weighted by molar-refractivity contribution is -0.337.